The number of carbonyl (C=O) groups is 2. The molecule has 0 radical (unpaired) electrons. The van der Waals surface area contributed by atoms with Gasteiger partial charge in [0.2, 0.25) is 11.8 Å². The summed E-state index contributed by atoms with van der Waals surface area (Å²) >= 11 is 0. The maximum absolute atomic E-state index is 13.0. The Bertz CT molecular complexity index is 1060. The number of hydrogen-bond donors (Lipinski definition) is 1. The highest BCUT2D eigenvalue weighted by Gasteiger charge is 2.27. The van der Waals surface area contributed by atoms with Gasteiger partial charge >= 0.3 is 0 Å². The summed E-state index contributed by atoms with van der Waals surface area (Å²) in [5, 5.41) is 0. The molecule has 7 nitrogen and oxygen atoms in total. The lowest BCUT2D eigenvalue weighted by Gasteiger charge is -2.20. The summed E-state index contributed by atoms with van der Waals surface area (Å²) < 4.78 is 28.6. The molecule has 2 aliphatic rings. The minimum Gasteiger partial charge on any atom is -0.312 e. The number of nitrogens with one attached hydrogen (secondary N) is 1. The predicted octanol–water partition coefficient (Wildman–Crippen LogP) is 2.52. The van der Waals surface area contributed by atoms with Crippen molar-refractivity contribution in [3.8, 4) is 0 Å². The molecule has 1 saturated heterocycles. The first kappa shape index (κ1) is 18.5. The molecule has 0 bridgehead atoms. The largest absolute Gasteiger partial charge is 0.312 e. The summed E-state index contributed by atoms with van der Waals surface area (Å²) in [5.74, 6) is -0.0646. The SMILES string of the molecule is CC(=O)N1CCc2cc(S(=O)(=O)Nc3ccccc3N3CCCC3=O)ccc21. The van der Waals surface area contributed by atoms with Crippen LogP contribution in [0.25, 0.3) is 0 Å². The summed E-state index contributed by atoms with van der Waals surface area (Å²) in [6.45, 7) is 2.64. The fourth-order valence-electron chi connectivity index (χ4n) is 3.77. The van der Waals surface area contributed by atoms with E-state index in [9.17, 15) is 18.0 Å². The van der Waals surface area contributed by atoms with Crippen molar-refractivity contribution in [2.45, 2.75) is 31.1 Å². The van der Waals surface area contributed by atoms with Crippen LogP contribution in [-0.4, -0.2) is 33.3 Å². The fourth-order valence-corrected chi connectivity index (χ4v) is 4.90. The van der Waals surface area contributed by atoms with Gasteiger partial charge in [-0.2, -0.15) is 0 Å². The molecule has 0 atom stereocenters. The number of amides is 2. The molecule has 28 heavy (non-hydrogen) atoms. The molecule has 0 aromatic heterocycles. The third-order valence-electron chi connectivity index (χ3n) is 5.15. The van der Waals surface area contributed by atoms with E-state index < -0.39 is 10.0 Å². The van der Waals surface area contributed by atoms with Crippen molar-refractivity contribution >= 4 is 38.9 Å². The van der Waals surface area contributed by atoms with E-state index in [2.05, 4.69) is 4.72 Å². The lowest BCUT2D eigenvalue weighted by atomic mass is 10.2. The summed E-state index contributed by atoms with van der Waals surface area (Å²) in [5.41, 5.74) is 2.54. The van der Waals surface area contributed by atoms with Gasteiger partial charge in [-0.25, -0.2) is 8.42 Å². The lowest BCUT2D eigenvalue weighted by molar-refractivity contribution is -0.117. The molecule has 0 saturated carbocycles. The van der Waals surface area contributed by atoms with Gasteiger partial charge in [0.25, 0.3) is 10.0 Å². The van der Waals surface area contributed by atoms with Crippen LogP contribution in [-0.2, 0) is 26.0 Å². The minimum absolute atomic E-state index is 0.00602. The van der Waals surface area contributed by atoms with Crippen molar-refractivity contribution < 1.29 is 18.0 Å². The van der Waals surface area contributed by atoms with Gasteiger partial charge in [-0.05, 0) is 48.7 Å². The molecular weight excluding hydrogens is 378 g/mol. The molecule has 4 rings (SSSR count). The summed E-state index contributed by atoms with van der Waals surface area (Å²) in [7, 11) is -3.83. The highest BCUT2D eigenvalue weighted by atomic mass is 32.2. The fraction of sp³-hybridized carbons (Fsp3) is 0.300. The Balaban J connectivity index is 1.65. The van der Waals surface area contributed by atoms with Crippen molar-refractivity contribution in [2.75, 3.05) is 27.6 Å². The highest BCUT2D eigenvalue weighted by Crippen LogP contribution is 2.33. The molecule has 2 aliphatic heterocycles. The van der Waals surface area contributed by atoms with E-state index >= 15 is 0 Å². The van der Waals surface area contributed by atoms with Gasteiger partial charge in [0.05, 0.1) is 16.3 Å². The lowest BCUT2D eigenvalue weighted by Crippen LogP contribution is -2.26. The van der Waals surface area contributed by atoms with Crippen molar-refractivity contribution in [1.82, 2.24) is 0 Å². The smallest absolute Gasteiger partial charge is 0.261 e. The van der Waals surface area contributed by atoms with Crippen molar-refractivity contribution in [3.05, 3.63) is 48.0 Å². The van der Waals surface area contributed by atoms with Gasteiger partial charge in [0, 0.05) is 32.1 Å². The van der Waals surface area contributed by atoms with Crippen molar-refractivity contribution in [2.24, 2.45) is 0 Å². The third-order valence-corrected chi connectivity index (χ3v) is 6.51. The first-order valence-corrected chi connectivity index (χ1v) is 10.7. The normalized spacial score (nSPS) is 16.4. The average molecular weight is 399 g/mol. The summed E-state index contributed by atoms with van der Waals surface area (Å²) in [4.78, 5) is 27.2. The number of benzene rings is 2. The molecule has 2 aromatic rings. The molecule has 8 heteroatoms. The average Bonchev–Trinajstić information content (AvgIpc) is 3.27. The van der Waals surface area contributed by atoms with E-state index in [0.717, 1.165) is 17.7 Å². The van der Waals surface area contributed by atoms with E-state index in [-0.39, 0.29) is 16.7 Å². The molecule has 1 N–H and O–H groups in total. The van der Waals surface area contributed by atoms with Gasteiger partial charge < -0.3 is 9.80 Å². The molecule has 0 unspecified atom stereocenters. The monoisotopic (exact) mass is 399 g/mol. The number of anilines is 3. The van der Waals surface area contributed by atoms with Crippen molar-refractivity contribution in [1.29, 1.82) is 0 Å². The van der Waals surface area contributed by atoms with Gasteiger partial charge in [-0.1, -0.05) is 12.1 Å². The number of hydrogen-bond acceptors (Lipinski definition) is 4. The van der Waals surface area contributed by atoms with Crippen LogP contribution in [0.4, 0.5) is 17.1 Å². The van der Waals surface area contributed by atoms with Crippen LogP contribution in [0.5, 0.6) is 0 Å². The number of para-hydroxylation sites is 2. The number of nitrogens with zero attached hydrogens (tertiary/aromatic N) is 2. The van der Waals surface area contributed by atoms with Crippen LogP contribution in [0.1, 0.15) is 25.3 Å². The second-order valence-electron chi connectivity index (χ2n) is 6.98. The Hall–Kier alpha value is -2.87. The van der Waals surface area contributed by atoms with E-state index in [4.69, 9.17) is 0 Å². The second-order valence-corrected chi connectivity index (χ2v) is 8.67. The zero-order chi connectivity index (χ0) is 19.9. The van der Waals surface area contributed by atoms with Crippen LogP contribution in [0.3, 0.4) is 0 Å². The van der Waals surface area contributed by atoms with E-state index in [0.29, 0.717) is 37.3 Å². The first-order valence-electron chi connectivity index (χ1n) is 9.20. The molecule has 2 aromatic carbocycles. The Morgan fingerprint density at radius 3 is 2.54 bits per heavy atom. The molecular formula is C20H21N3O4S. The maximum Gasteiger partial charge on any atom is 0.261 e. The van der Waals surface area contributed by atoms with Crippen LogP contribution in [0.15, 0.2) is 47.4 Å². The first-order chi connectivity index (χ1) is 13.4. The summed E-state index contributed by atoms with van der Waals surface area (Å²) in [6, 6.07) is 11.7. The van der Waals surface area contributed by atoms with Gasteiger partial charge in [0.1, 0.15) is 0 Å². The van der Waals surface area contributed by atoms with E-state index in [1.165, 1.54) is 13.0 Å². The van der Waals surface area contributed by atoms with Gasteiger partial charge in [-0.15, -0.1) is 0 Å². The second kappa shape index (κ2) is 6.94. The van der Waals surface area contributed by atoms with Crippen LogP contribution < -0.4 is 14.5 Å². The standard InChI is InChI=1S/C20H21N3O4S/c1-14(24)22-12-10-15-13-16(8-9-18(15)22)28(26,27)21-17-5-2-3-6-19(17)23-11-4-7-20(23)25/h2-3,5-6,8-9,13,21H,4,7,10-12H2,1H3. The van der Waals surface area contributed by atoms with Crippen LogP contribution >= 0.6 is 0 Å². The molecule has 2 heterocycles. The maximum atomic E-state index is 13.0. The zero-order valence-electron chi connectivity index (χ0n) is 15.5. The minimum atomic E-state index is -3.83. The molecule has 0 spiro atoms. The van der Waals surface area contributed by atoms with Crippen LogP contribution in [0, 0.1) is 0 Å². The highest BCUT2D eigenvalue weighted by molar-refractivity contribution is 7.92. The molecule has 1 fully saturated rings. The number of fused-ring (bicyclic) bond motifs is 1. The molecule has 2 amide bonds. The number of sulfonamides is 1. The molecule has 0 aliphatic carbocycles. The third kappa shape index (κ3) is 3.24. The van der Waals surface area contributed by atoms with E-state index in [1.54, 1.807) is 46.2 Å². The van der Waals surface area contributed by atoms with Crippen LogP contribution in [0.2, 0.25) is 0 Å². The Morgan fingerprint density at radius 1 is 1.04 bits per heavy atom. The van der Waals surface area contributed by atoms with Crippen molar-refractivity contribution in [3.63, 3.8) is 0 Å². The quantitative estimate of drug-likeness (QED) is 0.856. The molecule has 146 valence electrons. The van der Waals surface area contributed by atoms with Gasteiger partial charge in [0.15, 0.2) is 0 Å². The summed E-state index contributed by atoms with van der Waals surface area (Å²) in [6.07, 6.45) is 1.85. The van der Waals surface area contributed by atoms with E-state index in [1.807, 2.05) is 0 Å². The zero-order valence-corrected chi connectivity index (χ0v) is 16.3. The predicted molar refractivity (Wildman–Crippen MR) is 107 cm³/mol. The number of rotatable bonds is 4. The Morgan fingerprint density at radius 2 is 1.82 bits per heavy atom. The topological polar surface area (TPSA) is 86.8 Å². The Kier molecular flexibility index (Phi) is 4.58. The number of carbonyl (C=O) groups excluding carboxylic acids is 2. The Labute approximate surface area is 164 Å². The van der Waals surface area contributed by atoms with Gasteiger partial charge in [-0.3, -0.25) is 14.3 Å².